The number of hydrogen-bond donors (Lipinski definition) is 1. The highest BCUT2D eigenvalue weighted by Crippen LogP contribution is 2.20. The van der Waals surface area contributed by atoms with Crippen molar-refractivity contribution in [2.45, 2.75) is 6.92 Å². The van der Waals surface area contributed by atoms with Crippen LogP contribution in [0.2, 0.25) is 0 Å². The summed E-state index contributed by atoms with van der Waals surface area (Å²) in [7, 11) is 0. The first-order valence-corrected chi connectivity index (χ1v) is 7.85. The zero-order chi connectivity index (χ0) is 16.9. The Morgan fingerprint density at radius 2 is 1.96 bits per heavy atom. The summed E-state index contributed by atoms with van der Waals surface area (Å²) in [5.74, 6) is 0.368. The van der Waals surface area contributed by atoms with E-state index < -0.39 is 0 Å². The third-order valence-corrected chi connectivity index (χ3v) is 3.87. The zero-order valence-electron chi connectivity index (χ0n) is 13.5. The van der Waals surface area contributed by atoms with E-state index in [1.54, 1.807) is 42.6 Å². The first kappa shape index (κ1) is 16.1. The summed E-state index contributed by atoms with van der Waals surface area (Å²) in [5.41, 5.74) is 1.66. The molecule has 0 aliphatic carbocycles. The van der Waals surface area contributed by atoms with Crippen molar-refractivity contribution in [3.05, 3.63) is 53.7 Å². The topological polar surface area (TPSA) is 71.5 Å². The number of anilines is 2. The molecule has 1 aromatic heterocycles. The number of aromatic nitrogens is 1. The van der Waals surface area contributed by atoms with Crippen molar-refractivity contribution in [1.82, 2.24) is 4.98 Å². The summed E-state index contributed by atoms with van der Waals surface area (Å²) in [5, 5.41) is 2.84. The van der Waals surface area contributed by atoms with Crippen LogP contribution in [0.4, 0.5) is 11.5 Å². The van der Waals surface area contributed by atoms with Crippen LogP contribution in [0.25, 0.3) is 0 Å². The minimum atomic E-state index is -0.245. The van der Waals surface area contributed by atoms with Gasteiger partial charge in [-0.05, 0) is 31.2 Å². The Balaban J connectivity index is 1.82. The number of nitrogens with zero attached hydrogens (tertiary/aromatic N) is 2. The summed E-state index contributed by atoms with van der Waals surface area (Å²) in [4.78, 5) is 30.5. The molecule has 6 heteroatoms. The number of Topliss-reactive ketones (excluding diaryl/α,β-unsaturated/α-hetero) is 1. The molecule has 2 aromatic rings. The Labute approximate surface area is 140 Å². The fraction of sp³-hybridized carbons (Fsp3) is 0.278. The molecule has 3 rings (SSSR count). The molecular weight excluding hydrogens is 306 g/mol. The molecule has 1 amide bonds. The first-order valence-electron chi connectivity index (χ1n) is 7.85. The number of ether oxygens (including phenoxy) is 1. The predicted octanol–water partition coefficient (Wildman–Crippen LogP) is 2.37. The van der Waals surface area contributed by atoms with Crippen LogP contribution in [0.3, 0.4) is 0 Å². The van der Waals surface area contributed by atoms with Crippen LogP contribution in [0.5, 0.6) is 0 Å². The molecular formula is C18H19N3O3. The monoisotopic (exact) mass is 325 g/mol. The zero-order valence-corrected chi connectivity index (χ0v) is 13.5. The van der Waals surface area contributed by atoms with Crippen molar-refractivity contribution in [3.8, 4) is 0 Å². The van der Waals surface area contributed by atoms with Crippen molar-refractivity contribution in [2.24, 2.45) is 0 Å². The molecule has 0 radical (unpaired) electrons. The van der Waals surface area contributed by atoms with Crippen LogP contribution in [-0.4, -0.2) is 43.0 Å². The van der Waals surface area contributed by atoms with Crippen molar-refractivity contribution in [3.63, 3.8) is 0 Å². The van der Waals surface area contributed by atoms with E-state index in [0.717, 1.165) is 0 Å². The second-order valence-corrected chi connectivity index (χ2v) is 5.57. The summed E-state index contributed by atoms with van der Waals surface area (Å²) in [6, 6.07) is 10.4. The number of benzene rings is 1. The fourth-order valence-electron chi connectivity index (χ4n) is 2.62. The molecule has 1 N–H and O–H groups in total. The van der Waals surface area contributed by atoms with E-state index in [1.807, 2.05) is 4.90 Å². The maximum absolute atomic E-state index is 12.7. The van der Waals surface area contributed by atoms with Gasteiger partial charge in [0.1, 0.15) is 5.82 Å². The standard InChI is InChI=1S/C18H19N3O3/c1-13(22)14-4-2-5-15(12-14)20-18(23)16-6-3-7-19-17(16)21-8-10-24-11-9-21/h2-7,12H,8-11H2,1H3,(H,20,23). The highest BCUT2D eigenvalue weighted by atomic mass is 16.5. The number of carbonyl (C=O) groups is 2. The van der Waals surface area contributed by atoms with Crippen LogP contribution in [0, 0.1) is 0 Å². The van der Waals surface area contributed by atoms with Gasteiger partial charge in [-0.3, -0.25) is 9.59 Å². The molecule has 0 saturated carbocycles. The van der Waals surface area contributed by atoms with Crippen molar-refractivity contribution < 1.29 is 14.3 Å². The SMILES string of the molecule is CC(=O)c1cccc(NC(=O)c2cccnc2N2CCOCC2)c1. The lowest BCUT2D eigenvalue weighted by Gasteiger charge is -2.29. The van der Waals surface area contributed by atoms with Gasteiger partial charge in [0.25, 0.3) is 5.91 Å². The third kappa shape index (κ3) is 3.60. The normalized spacial score (nSPS) is 14.3. The largest absolute Gasteiger partial charge is 0.378 e. The fourth-order valence-corrected chi connectivity index (χ4v) is 2.62. The quantitative estimate of drug-likeness (QED) is 0.874. The Bertz CT molecular complexity index is 755. The first-order chi connectivity index (χ1) is 11.6. The van der Waals surface area contributed by atoms with Crippen LogP contribution in [0.15, 0.2) is 42.6 Å². The Hall–Kier alpha value is -2.73. The molecule has 1 aliphatic heterocycles. The van der Waals surface area contributed by atoms with Gasteiger partial charge in [0.15, 0.2) is 5.78 Å². The lowest BCUT2D eigenvalue weighted by molar-refractivity contribution is 0.101. The Kier molecular flexibility index (Phi) is 4.86. The molecule has 0 atom stereocenters. The van der Waals surface area contributed by atoms with Crippen LogP contribution >= 0.6 is 0 Å². The van der Waals surface area contributed by atoms with Crippen LogP contribution in [0.1, 0.15) is 27.6 Å². The van der Waals surface area contributed by atoms with Gasteiger partial charge in [-0.2, -0.15) is 0 Å². The van der Waals surface area contributed by atoms with E-state index in [1.165, 1.54) is 6.92 Å². The number of hydrogen-bond acceptors (Lipinski definition) is 5. The highest BCUT2D eigenvalue weighted by molar-refractivity contribution is 6.08. The van der Waals surface area contributed by atoms with Gasteiger partial charge in [-0.25, -0.2) is 4.98 Å². The number of morpholine rings is 1. The van der Waals surface area contributed by atoms with Crippen LogP contribution < -0.4 is 10.2 Å². The minimum absolute atomic E-state index is 0.0403. The summed E-state index contributed by atoms with van der Waals surface area (Å²) in [6.07, 6.45) is 1.68. The van der Waals surface area contributed by atoms with E-state index in [0.29, 0.717) is 48.9 Å². The smallest absolute Gasteiger partial charge is 0.259 e. The molecule has 1 aliphatic rings. The number of nitrogens with one attached hydrogen (secondary N) is 1. The number of carbonyl (C=O) groups excluding carboxylic acids is 2. The molecule has 124 valence electrons. The minimum Gasteiger partial charge on any atom is -0.378 e. The average Bonchev–Trinajstić information content (AvgIpc) is 2.62. The van der Waals surface area contributed by atoms with Gasteiger partial charge in [0, 0.05) is 30.5 Å². The average molecular weight is 325 g/mol. The molecule has 2 heterocycles. The lowest BCUT2D eigenvalue weighted by atomic mass is 10.1. The molecule has 0 spiro atoms. The Morgan fingerprint density at radius 1 is 1.17 bits per heavy atom. The maximum Gasteiger partial charge on any atom is 0.259 e. The summed E-state index contributed by atoms with van der Waals surface area (Å²) >= 11 is 0. The highest BCUT2D eigenvalue weighted by Gasteiger charge is 2.20. The molecule has 0 bridgehead atoms. The van der Waals surface area contributed by atoms with E-state index >= 15 is 0 Å². The van der Waals surface area contributed by atoms with Gasteiger partial charge < -0.3 is 15.0 Å². The van der Waals surface area contributed by atoms with Crippen molar-refractivity contribution in [1.29, 1.82) is 0 Å². The van der Waals surface area contributed by atoms with Gasteiger partial charge in [-0.1, -0.05) is 12.1 Å². The van der Waals surface area contributed by atoms with Crippen molar-refractivity contribution in [2.75, 3.05) is 36.5 Å². The van der Waals surface area contributed by atoms with Gasteiger partial charge in [0.05, 0.1) is 18.8 Å². The molecule has 1 aromatic carbocycles. The van der Waals surface area contributed by atoms with Gasteiger partial charge >= 0.3 is 0 Å². The van der Waals surface area contributed by atoms with Crippen molar-refractivity contribution >= 4 is 23.2 Å². The van der Waals surface area contributed by atoms with Gasteiger partial charge in [-0.15, -0.1) is 0 Å². The number of amides is 1. The third-order valence-electron chi connectivity index (χ3n) is 3.87. The van der Waals surface area contributed by atoms with Gasteiger partial charge in [0.2, 0.25) is 0 Å². The molecule has 6 nitrogen and oxygen atoms in total. The number of rotatable bonds is 4. The number of pyridine rings is 1. The molecule has 1 saturated heterocycles. The van der Waals surface area contributed by atoms with E-state index in [-0.39, 0.29) is 11.7 Å². The lowest BCUT2D eigenvalue weighted by Crippen LogP contribution is -2.38. The summed E-state index contributed by atoms with van der Waals surface area (Å²) in [6.45, 7) is 4.16. The number of ketones is 1. The molecule has 0 unspecified atom stereocenters. The van der Waals surface area contributed by atoms with E-state index in [2.05, 4.69) is 10.3 Å². The second kappa shape index (κ2) is 7.23. The van der Waals surface area contributed by atoms with E-state index in [4.69, 9.17) is 4.74 Å². The molecule has 24 heavy (non-hydrogen) atoms. The predicted molar refractivity (Wildman–Crippen MR) is 91.7 cm³/mol. The second-order valence-electron chi connectivity index (χ2n) is 5.57. The van der Waals surface area contributed by atoms with Crippen LogP contribution in [-0.2, 0) is 4.74 Å². The Morgan fingerprint density at radius 3 is 2.71 bits per heavy atom. The van der Waals surface area contributed by atoms with E-state index in [9.17, 15) is 9.59 Å². The maximum atomic E-state index is 12.7. The summed E-state index contributed by atoms with van der Waals surface area (Å²) < 4.78 is 5.35. The molecule has 1 fully saturated rings.